The summed E-state index contributed by atoms with van der Waals surface area (Å²) >= 11 is 0. The van der Waals surface area contributed by atoms with Gasteiger partial charge in [-0.15, -0.1) is 0 Å². The molecule has 1 aromatic heterocycles. The van der Waals surface area contributed by atoms with Crippen LogP contribution in [-0.4, -0.2) is 28.0 Å². The van der Waals surface area contributed by atoms with Gasteiger partial charge in [0.2, 0.25) is 0 Å². The van der Waals surface area contributed by atoms with Crippen molar-refractivity contribution in [3.63, 3.8) is 0 Å². The van der Waals surface area contributed by atoms with Crippen molar-refractivity contribution in [2.45, 2.75) is 26.8 Å². The maximum Gasteiger partial charge on any atom is 0.326 e. The number of carboxylic acids is 1. The van der Waals surface area contributed by atoms with Crippen LogP contribution in [0.3, 0.4) is 0 Å². The lowest BCUT2D eigenvalue weighted by Crippen LogP contribution is -2.44. The molecular weight excluding hydrogens is 284 g/mol. The smallest absolute Gasteiger partial charge is 0.326 e. The largest absolute Gasteiger partial charge is 0.480 e. The molecule has 0 aromatic carbocycles. The number of carbonyl (C=O) groups excluding carboxylic acids is 1. The number of aromatic nitrogens is 1. The first-order valence-electron chi connectivity index (χ1n) is 6.68. The molecule has 0 fully saturated rings. The summed E-state index contributed by atoms with van der Waals surface area (Å²) in [4.78, 5) is 27.1. The number of hydrogen-bond acceptors (Lipinski definition) is 5. The molecule has 7 nitrogen and oxygen atoms in total. The van der Waals surface area contributed by atoms with E-state index >= 15 is 0 Å². The van der Waals surface area contributed by atoms with E-state index in [1.165, 1.54) is 6.20 Å². The Kier molecular flexibility index (Phi) is 6.08. The molecule has 1 unspecified atom stereocenters. The predicted octanol–water partition coefficient (Wildman–Crippen LogP) is 1.43. The fraction of sp³-hybridized carbons (Fsp3) is 0.333. The fourth-order valence-electron chi connectivity index (χ4n) is 1.58. The Bertz CT molecular complexity index is 615. The normalized spacial score (nSPS) is 12.4. The van der Waals surface area contributed by atoms with E-state index in [-0.39, 0.29) is 11.5 Å². The summed E-state index contributed by atoms with van der Waals surface area (Å²) in [5.41, 5.74) is 0.753. The zero-order valence-electron chi connectivity index (χ0n) is 12.6. The van der Waals surface area contributed by atoms with Crippen LogP contribution in [0.4, 0.5) is 5.82 Å². The van der Waals surface area contributed by atoms with Gasteiger partial charge in [0.05, 0.1) is 0 Å². The molecule has 1 atom stereocenters. The lowest BCUT2D eigenvalue weighted by Gasteiger charge is -2.17. The van der Waals surface area contributed by atoms with Gasteiger partial charge in [0.25, 0.3) is 5.91 Å². The number of carboxylic acid groups (broad SMARTS) is 1. The summed E-state index contributed by atoms with van der Waals surface area (Å²) in [6, 6.07) is 4.21. The molecule has 0 saturated carbocycles. The van der Waals surface area contributed by atoms with E-state index in [1.54, 1.807) is 32.2 Å². The molecule has 0 spiro atoms. The number of nitriles is 1. The molecule has 3 N–H and O–H groups in total. The fourth-order valence-corrected chi connectivity index (χ4v) is 1.58. The molecule has 1 rings (SSSR count). The number of anilines is 1. The average molecular weight is 302 g/mol. The van der Waals surface area contributed by atoms with E-state index < -0.39 is 17.9 Å². The van der Waals surface area contributed by atoms with Crippen LogP contribution in [0, 0.1) is 24.2 Å². The quantitative estimate of drug-likeness (QED) is 0.541. The highest BCUT2D eigenvalue weighted by Gasteiger charge is 2.24. The molecule has 22 heavy (non-hydrogen) atoms. The summed E-state index contributed by atoms with van der Waals surface area (Å²) in [6.07, 6.45) is 2.84. The van der Waals surface area contributed by atoms with Crippen LogP contribution in [0.15, 0.2) is 30.1 Å². The number of aryl methyl sites for hydroxylation is 1. The van der Waals surface area contributed by atoms with Crippen molar-refractivity contribution in [1.29, 1.82) is 5.26 Å². The van der Waals surface area contributed by atoms with Crippen molar-refractivity contribution in [1.82, 2.24) is 10.3 Å². The lowest BCUT2D eigenvalue weighted by molar-refractivity contribution is -0.142. The van der Waals surface area contributed by atoms with Gasteiger partial charge < -0.3 is 15.7 Å². The highest BCUT2D eigenvalue weighted by Crippen LogP contribution is 2.06. The number of rotatable bonds is 6. The van der Waals surface area contributed by atoms with Gasteiger partial charge in [-0.25, -0.2) is 9.78 Å². The molecule has 0 saturated heterocycles. The zero-order valence-corrected chi connectivity index (χ0v) is 12.6. The molecule has 0 radical (unpaired) electrons. The van der Waals surface area contributed by atoms with Crippen LogP contribution in [0.25, 0.3) is 0 Å². The number of nitrogens with one attached hydrogen (secondary N) is 2. The number of pyridine rings is 1. The van der Waals surface area contributed by atoms with Gasteiger partial charge in [-0.3, -0.25) is 4.79 Å². The van der Waals surface area contributed by atoms with Crippen LogP contribution in [-0.2, 0) is 9.59 Å². The molecule has 1 amide bonds. The molecule has 1 aromatic rings. The lowest BCUT2D eigenvalue weighted by atomic mass is 10.0. The van der Waals surface area contributed by atoms with Gasteiger partial charge in [0.1, 0.15) is 23.5 Å². The van der Waals surface area contributed by atoms with E-state index in [2.05, 4.69) is 15.6 Å². The monoisotopic (exact) mass is 302 g/mol. The van der Waals surface area contributed by atoms with Gasteiger partial charge >= 0.3 is 5.97 Å². The molecule has 0 aliphatic rings. The Morgan fingerprint density at radius 1 is 1.41 bits per heavy atom. The maximum atomic E-state index is 11.9. The van der Waals surface area contributed by atoms with Crippen LogP contribution in [0.2, 0.25) is 0 Å². The maximum absolute atomic E-state index is 11.9. The standard InChI is InChI=1S/C15H18N4O3/c1-9(2)13(15(21)22)19-14(20)11(6-16)8-18-12-5-4-10(3)7-17-12/h4-5,7-9,13H,1-3H3,(H,17,18)(H,19,20)(H,21,22)/b11-8-. The molecule has 0 aliphatic carbocycles. The third kappa shape index (κ3) is 4.90. The highest BCUT2D eigenvalue weighted by molar-refractivity contribution is 5.99. The molecule has 1 heterocycles. The van der Waals surface area contributed by atoms with Gasteiger partial charge in [-0.2, -0.15) is 5.26 Å². The van der Waals surface area contributed by atoms with Crippen molar-refractivity contribution < 1.29 is 14.7 Å². The highest BCUT2D eigenvalue weighted by atomic mass is 16.4. The predicted molar refractivity (Wildman–Crippen MR) is 80.7 cm³/mol. The third-order valence-electron chi connectivity index (χ3n) is 2.86. The number of aliphatic carboxylic acids is 1. The minimum absolute atomic E-state index is 0.228. The molecule has 0 bridgehead atoms. The first-order valence-corrected chi connectivity index (χ1v) is 6.68. The Hall–Kier alpha value is -2.88. The second-order valence-corrected chi connectivity index (χ2v) is 5.07. The van der Waals surface area contributed by atoms with Gasteiger partial charge in [-0.05, 0) is 24.5 Å². The molecule has 116 valence electrons. The van der Waals surface area contributed by atoms with Crippen molar-refractivity contribution in [3.8, 4) is 6.07 Å². The Morgan fingerprint density at radius 2 is 2.09 bits per heavy atom. The first-order chi connectivity index (χ1) is 10.3. The number of amides is 1. The van der Waals surface area contributed by atoms with Gasteiger partial charge in [0.15, 0.2) is 0 Å². The SMILES string of the molecule is Cc1ccc(N/C=C(/C#N)C(=O)NC(C(=O)O)C(C)C)nc1. The Balaban J connectivity index is 2.80. The minimum atomic E-state index is -1.14. The van der Waals surface area contributed by atoms with Crippen molar-refractivity contribution in [2.24, 2.45) is 5.92 Å². The zero-order chi connectivity index (χ0) is 16.7. The number of carbonyl (C=O) groups is 2. The summed E-state index contributed by atoms with van der Waals surface area (Å²) in [5.74, 6) is -1.71. The van der Waals surface area contributed by atoms with E-state index in [4.69, 9.17) is 10.4 Å². The van der Waals surface area contributed by atoms with Crippen LogP contribution in [0.5, 0.6) is 0 Å². The summed E-state index contributed by atoms with van der Waals surface area (Å²) in [5, 5.41) is 23.1. The van der Waals surface area contributed by atoms with Crippen LogP contribution < -0.4 is 10.6 Å². The van der Waals surface area contributed by atoms with E-state index in [0.29, 0.717) is 5.82 Å². The third-order valence-corrected chi connectivity index (χ3v) is 2.86. The average Bonchev–Trinajstić information content (AvgIpc) is 2.46. The summed E-state index contributed by atoms with van der Waals surface area (Å²) < 4.78 is 0. The topological polar surface area (TPSA) is 115 Å². The number of hydrogen-bond donors (Lipinski definition) is 3. The van der Waals surface area contributed by atoms with Crippen LogP contribution >= 0.6 is 0 Å². The van der Waals surface area contributed by atoms with Crippen LogP contribution in [0.1, 0.15) is 19.4 Å². The minimum Gasteiger partial charge on any atom is -0.480 e. The second-order valence-electron chi connectivity index (χ2n) is 5.07. The van der Waals surface area contributed by atoms with Crippen molar-refractivity contribution >= 4 is 17.7 Å². The van der Waals surface area contributed by atoms with E-state index in [0.717, 1.165) is 5.56 Å². The molecular formula is C15H18N4O3. The molecule has 7 heteroatoms. The van der Waals surface area contributed by atoms with Crippen molar-refractivity contribution in [3.05, 3.63) is 35.7 Å². The summed E-state index contributed by atoms with van der Waals surface area (Å²) in [6.45, 7) is 5.23. The summed E-state index contributed by atoms with van der Waals surface area (Å²) in [7, 11) is 0. The van der Waals surface area contributed by atoms with Gasteiger partial charge in [0, 0.05) is 12.4 Å². The Morgan fingerprint density at radius 3 is 2.55 bits per heavy atom. The second kappa shape index (κ2) is 7.78. The number of nitrogens with zero attached hydrogens (tertiary/aromatic N) is 2. The molecule has 0 aliphatic heterocycles. The first kappa shape index (κ1) is 17.2. The van der Waals surface area contributed by atoms with E-state index in [9.17, 15) is 9.59 Å². The van der Waals surface area contributed by atoms with Crippen molar-refractivity contribution in [2.75, 3.05) is 5.32 Å². The van der Waals surface area contributed by atoms with Gasteiger partial charge in [-0.1, -0.05) is 19.9 Å². The van der Waals surface area contributed by atoms with E-state index in [1.807, 2.05) is 13.0 Å². The Labute approximate surface area is 128 Å².